The first kappa shape index (κ1) is 24.0. The molecule has 3 aromatic rings. The van der Waals surface area contributed by atoms with Crippen LogP contribution in [0.5, 0.6) is 0 Å². The van der Waals surface area contributed by atoms with E-state index in [1.165, 1.54) is 5.56 Å². The number of anilines is 1. The molecule has 1 heterocycles. The molecule has 2 N–H and O–H groups in total. The van der Waals surface area contributed by atoms with Crippen molar-refractivity contribution in [2.24, 2.45) is 0 Å². The zero-order valence-corrected chi connectivity index (χ0v) is 19.6. The van der Waals surface area contributed by atoms with E-state index >= 15 is 0 Å². The van der Waals surface area contributed by atoms with Crippen LogP contribution in [0.2, 0.25) is 5.02 Å². The number of nitrogens with zero attached hydrogens (tertiary/aromatic N) is 1. The molecular weight excluding hydrogens is 450 g/mol. The van der Waals surface area contributed by atoms with E-state index in [1.807, 2.05) is 54.6 Å². The third kappa shape index (κ3) is 6.90. The number of carbonyl (C=O) groups excluding carboxylic acids is 2. The molecule has 176 valence electrons. The number of hydrogen-bond donors (Lipinski definition) is 2. The summed E-state index contributed by atoms with van der Waals surface area (Å²) in [5.41, 5.74) is 3.27. The maximum Gasteiger partial charge on any atom is 0.251 e. The number of hydrogen-bond acceptors (Lipinski definition) is 4. The first-order chi connectivity index (χ1) is 16.6. The molecule has 7 heteroatoms. The van der Waals surface area contributed by atoms with E-state index in [2.05, 4.69) is 15.5 Å². The quantitative estimate of drug-likeness (QED) is 0.511. The Labute approximate surface area is 204 Å². The number of amides is 2. The zero-order chi connectivity index (χ0) is 23.8. The molecule has 6 nitrogen and oxygen atoms in total. The summed E-state index contributed by atoms with van der Waals surface area (Å²) in [5, 5.41) is 6.37. The number of nitrogens with one attached hydrogen (secondary N) is 2. The van der Waals surface area contributed by atoms with E-state index in [9.17, 15) is 9.59 Å². The molecule has 0 spiro atoms. The van der Waals surface area contributed by atoms with Crippen LogP contribution in [-0.2, 0) is 22.5 Å². The second kappa shape index (κ2) is 11.8. The molecule has 0 radical (unpaired) electrons. The summed E-state index contributed by atoms with van der Waals surface area (Å²) < 4.78 is 5.40. The van der Waals surface area contributed by atoms with E-state index in [-0.39, 0.29) is 11.8 Å². The highest BCUT2D eigenvalue weighted by Gasteiger charge is 2.22. The molecule has 1 aliphatic rings. The Morgan fingerprint density at radius 2 is 1.56 bits per heavy atom. The molecule has 1 atom stereocenters. The molecule has 1 saturated heterocycles. The fraction of sp³-hybridized carbons (Fsp3) is 0.259. The molecule has 1 unspecified atom stereocenters. The van der Waals surface area contributed by atoms with Gasteiger partial charge in [0.05, 0.1) is 13.2 Å². The lowest BCUT2D eigenvalue weighted by molar-refractivity contribution is -0.118. The summed E-state index contributed by atoms with van der Waals surface area (Å²) in [5.74, 6) is -0.597. The normalized spacial score (nSPS) is 14.9. The van der Waals surface area contributed by atoms with Gasteiger partial charge in [-0.2, -0.15) is 0 Å². The summed E-state index contributed by atoms with van der Waals surface area (Å²) >= 11 is 5.93. The number of halogens is 1. The van der Waals surface area contributed by atoms with Gasteiger partial charge in [-0.3, -0.25) is 14.5 Å². The summed E-state index contributed by atoms with van der Waals surface area (Å²) in [6, 6.07) is 23.3. The maximum atomic E-state index is 13.2. The Morgan fingerprint density at radius 3 is 2.24 bits per heavy atom. The molecule has 1 aliphatic heterocycles. The van der Waals surface area contributed by atoms with Gasteiger partial charge in [-0.15, -0.1) is 0 Å². The van der Waals surface area contributed by atoms with E-state index in [0.29, 0.717) is 22.7 Å². The SMILES string of the molecule is O=C(NC(Cc1ccccc1)C(=O)Nc1ccc(CN2CCOCC2)cc1)c1ccc(Cl)cc1. The molecule has 4 rings (SSSR count). The molecule has 2 amide bonds. The second-order valence-electron chi connectivity index (χ2n) is 8.30. The third-order valence-corrected chi connectivity index (χ3v) is 5.99. The minimum Gasteiger partial charge on any atom is -0.379 e. The number of rotatable bonds is 8. The highest BCUT2D eigenvalue weighted by Crippen LogP contribution is 2.15. The Bertz CT molecular complexity index is 1080. The lowest BCUT2D eigenvalue weighted by Gasteiger charge is -2.26. The van der Waals surface area contributed by atoms with Crippen molar-refractivity contribution in [3.05, 3.63) is 101 Å². The Hall–Kier alpha value is -3.19. The van der Waals surface area contributed by atoms with Crippen molar-refractivity contribution in [2.75, 3.05) is 31.6 Å². The van der Waals surface area contributed by atoms with Gasteiger partial charge in [0, 0.05) is 42.3 Å². The second-order valence-corrected chi connectivity index (χ2v) is 8.73. The first-order valence-electron chi connectivity index (χ1n) is 11.4. The van der Waals surface area contributed by atoms with Crippen molar-refractivity contribution in [1.29, 1.82) is 0 Å². The average Bonchev–Trinajstić information content (AvgIpc) is 2.86. The lowest BCUT2D eigenvalue weighted by Crippen LogP contribution is -2.45. The zero-order valence-electron chi connectivity index (χ0n) is 18.9. The molecule has 1 fully saturated rings. The van der Waals surface area contributed by atoms with Gasteiger partial charge in [0.1, 0.15) is 6.04 Å². The van der Waals surface area contributed by atoms with Crippen LogP contribution >= 0.6 is 11.6 Å². The summed E-state index contributed by atoms with van der Waals surface area (Å²) in [4.78, 5) is 28.3. The van der Waals surface area contributed by atoms with Crippen LogP contribution in [0.4, 0.5) is 5.69 Å². The molecule has 34 heavy (non-hydrogen) atoms. The number of morpholine rings is 1. The predicted octanol–water partition coefficient (Wildman–Crippen LogP) is 4.15. The van der Waals surface area contributed by atoms with Gasteiger partial charge in [0.25, 0.3) is 5.91 Å². The maximum absolute atomic E-state index is 13.2. The van der Waals surface area contributed by atoms with E-state index < -0.39 is 6.04 Å². The van der Waals surface area contributed by atoms with Crippen LogP contribution in [0.25, 0.3) is 0 Å². The largest absolute Gasteiger partial charge is 0.379 e. The van der Waals surface area contributed by atoms with Crippen LogP contribution in [0.1, 0.15) is 21.5 Å². The molecule has 0 bridgehead atoms. The first-order valence-corrected chi connectivity index (χ1v) is 11.7. The Kier molecular flexibility index (Phi) is 8.31. The smallest absolute Gasteiger partial charge is 0.251 e. The Morgan fingerprint density at radius 1 is 0.882 bits per heavy atom. The number of carbonyl (C=O) groups is 2. The lowest BCUT2D eigenvalue weighted by atomic mass is 10.0. The number of ether oxygens (including phenoxy) is 1. The van der Waals surface area contributed by atoms with Crippen molar-refractivity contribution in [3.8, 4) is 0 Å². The predicted molar refractivity (Wildman–Crippen MR) is 134 cm³/mol. The Balaban J connectivity index is 1.42. The molecule has 0 aliphatic carbocycles. The van der Waals surface area contributed by atoms with E-state index in [4.69, 9.17) is 16.3 Å². The number of benzene rings is 3. The van der Waals surface area contributed by atoms with Gasteiger partial charge in [0.2, 0.25) is 5.91 Å². The fourth-order valence-corrected chi connectivity index (χ4v) is 3.97. The average molecular weight is 478 g/mol. The van der Waals surface area contributed by atoms with Gasteiger partial charge in [-0.05, 0) is 47.5 Å². The van der Waals surface area contributed by atoms with Crippen LogP contribution in [-0.4, -0.2) is 49.1 Å². The minimum absolute atomic E-state index is 0.271. The van der Waals surface area contributed by atoms with Crippen LogP contribution < -0.4 is 10.6 Å². The fourth-order valence-electron chi connectivity index (χ4n) is 3.84. The molecular formula is C27H28ClN3O3. The van der Waals surface area contributed by atoms with Gasteiger partial charge in [0.15, 0.2) is 0 Å². The van der Waals surface area contributed by atoms with Crippen LogP contribution in [0.3, 0.4) is 0 Å². The molecule has 3 aromatic carbocycles. The summed E-state index contributed by atoms with van der Waals surface area (Å²) in [6.45, 7) is 4.22. The van der Waals surface area contributed by atoms with Gasteiger partial charge in [-0.25, -0.2) is 0 Å². The van der Waals surface area contributed by atoms with Crippen LogP contribution in [0.15, 0.2) is 78.9 Å². The minimum atomic E-state index is -0.737. The summed E-state index contributed by atoms with van der Waals surface area (Å²) in [6.07, 6.45) is 0.376. The summed E-state index contributed by atoms with van der Waals surface area (Å²) in [7, 11) is 0. The van der Waals surface area contributed by atoms with Crippen LogP contribution in [0, 0.1) is 0 Å². The van der Waals surface area contributed by atoms with Gasteiger partial charge >= 0.3 is 0 Å². The van der Waals surface area contributed by atoms with Crippen molar-refractivity contribution < 1.29 is 14.3 Å². The van der Waals surface area contributed by atoms with E-state index in [1.54, 1.807) is 24.3 Å². The van der Waals surface area contributed by atoms with Crippen molar-refractivity contribution >= 4 is 29.1 Å². The van der Waals surface area contributed by atoms with Gasteiger partial charge < -0.3 is 15.4 Å². The highest BCUT2D eigenvalue weighted by molar-refractivity contribution is 6.30. The van der Waals surface area contributed by atoms with Crippen molar-refractivity contribution in [3.63, 3.8) is 0 Å². The van der Waals surface area contributed by atoms with Gasteiger partial charge in [-0.1, -0.05) is 54.1 Å². The standard InChI is InChI=1S/C27H28ClN3O3/c28-23-10-8-22(9-11-23)26(32)30-25(18-20-4-2-1-3-5-20)27(33)29-24-12-6-21(7-13-24)19-31-14-16-34-17-15-31/h1-13,25H,14-19H2,(H,29,33)(H,30,32). The molecule has 0 saturated carbocycles. The van der Waals surface area contributed by atoms with Crippen molar-refractivity contribution in [1.82, 2.24) is 10.2 Å². The third-order valence-electron chi connectivity index (χ3n) is 5.74. The topological polar surface area (TPSA) is 70.7 Å². The molecule has 0 aromatic heterocycles. The monoisotopic (exact) mass is 477 g/mol. The highest BCUT2D eigenvalue weighted by atomic mass is 35.5. The van der Waals surface area contributed by atoms with Crippen molar-refractivity contribution in [2.45, 2.75) is 19.0 Å². The van der Waals surface area contributed by atoms with E-state index in [0.717, 1.165) is 38.4 Å².